The number of carbonyl (C=O) groups is 3. The Labute approximate surface area is 210 Å². The molecule has 0 spiro atoms. The van der Waals surface area contributed by atoms with Gasteiger partial charge in [-0.15, -0.1) is 0 Å². The van der Waals surface area contributed by atoms with E-state index in [1.165, 1.54) is 49.8 Å². The van der Waals surface area contributed by atoms with E-state index < -0.39 is 24.1 Å². The van der Waals surface area contributed by atoms with Gasteiger partial charge in [-0.25, -0.2) is 9.59 Å². The molecule has 4 N–H and O–H groups in total. The number of likely N-dealkylation sites (N-methyl/N-ethyl adjacent to an activating group) is 1. The van der Waals surface area contributed by atoms with Crippen LogP contribution in [0, 0.1) is 5.92 Å². The van der Waals surface area contributed by atoms with Gasteiger partial charge in [0, 0.05) is 22.6 Å². The number of aliphatic hydroxyl groups is 2. The fourth-order valence-corrected chi connectivity index (χ4v) is 6.36. The molecule has 2 aromatic rings. The molecule has 3 aliphatic rings. The van der Waals surface area contributed by atoms with E-state index >= 15 is 0 Å². The number of carboxylic acids is 2. The largest absolute Gasteiger partial charge is 0.479 e. The Morgan fingerprint density at radius 3 is 2.22 bits per heavy atom. The lowest BCUT2D eigenvalue weighted by Gasteiger charge is -2.58. The lowest BCUT2D eigenvalue weighted by atomic mass is 9.52. The number of hydrogen-bond donors (Lipinski definition) is 4. The Morgan fingerprint density at radius 1 is 0.917 bits per heavy atom. The van der Waals surface area contributed by atoms with Gasteiger partial charge in [-0.3, -0.25) is 4.79 Å². The maximum Gasteiger partial charge on any atom is 0.335 e. The molecule has 8 nitrogen and oxygen atoms in total. The third-order valence-corrected chi connectivity index (χ3v) is 8.22. The lowest BCUT2D eigenvalue weighted by molar-refractivity contribution is -0.165. The molecule has 2 aliphatic carbocycles. The number of nitrogens with zero attached hydrogens (tertiary/aromatic N) is 1. The average molecular weight is 496 g/mol. The highest BCUT2D eigenvalue weighted by atomic mass is 16.4. The molecule has 2 unspecified atom stereocenters. The van der Waals surface area contributed by atoms with Crippen LogP contribution < -0.4 is 0 Å². The summed E-state index contributed by atoms with van der Waals surface area (Å²) < 4.78 is 0. The standard InChI is InChI=1S/C24H27NO.C4H6O6/c1-25-14-13-24-12-6-5-9-20(24)22(25)16-18-10-11-19(15-21(18)24)23(26)17-7-3-2-4-8-17;5-1(3(7)8)2(6)4(9)10/h2-4,7-8,10-11,15,20,22H,5-6,9,12-14,16H2,1H3;1-2,5-6H,(H,7,8)(H,9,10)/t20-,22+,24+;/m0./s1. The number of rotatable bonds is 5. The summed E-state index contributed by atoms with van der Waals surface area (Å²) in [5, 5.41) is 32.5. The van der Waals surface area contributed by atoms with E-state index in [1.807, 2.05) is 30.3 Å². The summed E-state index contributed by atoms with van der Waals surface area (Å²) in [6, 6.07) is 17.0. The van der Waals surface area contributed by atoms with Crippen LogP contribution in [0.15, 0.2) is 48.5 Å². The van der Waals surface area contributed by atoms with Crippen molar-refractivity contribution in [3.63, 3.8) is 0 Å². The summed E-state index contributed by atoms with van der Waals surface area (Å²) in [6.07, 6.45) is 3.23. The molecule has 0 aromatic heterocycles. The van der Waals surface area contributed by atoms with Gasteiger partial charge >= 0.3 is 11.9 Å². The van der Waals surface area contributed by atoms with E-state index in [9.17, 15) is 14.4 Å². The van der Waals surface area contributed by atoms with Crippen LogP contribution in [0.4, 0.5) is 0 Å². The molecule has 2 aromatic carbocycles. The molecule has 1 saturated heterocycles. The number of hydrogen-bond acceptors (Lipinski definition) is 6. The van der Waals surface area contributed by atoms with Crippen LogP contribution in [0.5, 0.6) is 0 Å². The lowest BCUT2D eigenvalue weighted by Crippen LogP contribution is -2.59. The Morgan fingerprint density at radius 2 is 1.58 bits per heavy atom. The van der Waals surface area contributed by atoms with E-state index in [0.29, 0.717) is 11.5 Å². The Kier molecular flexibility index (Phi) is 7.59. The van der Waals surface area contributed by atoms with Crippen LogP contribution in [-0.4, -0.2) is 74.9 Å². The van der Waals surface area contributed by atoms with Crippen molar-refractivity contribution in [3.05, 3.63) is 70.8 Å². The van der Waals surface area contributed by atoms with Crippen LogP contribution in [0.1, 0.15) is 59.2 Å². The molecule has 1 heterocycles. The monoisotopic (exact) mass is 495 g/mol. The number of benzene rings is 2. The molecule has 2 fully saturated rings. The third kappa shape index (κ3) is 4.81. The van der Waals surface area contributed by atoms with Crippen LogP contribution in [-0.2, 0) is 21.4 Å². The zero-order chi connectivity index (χ0) is 26.0. The Bertz CT molecular complexity index is 1120. The summed E-state index contributed by atoms with van der Waals surface area (Å²) >= 11 is 0. The Balaban J connectivity index is 0.000000261. The highest BCUT2D eigenvalue weighted by molar-refractivity contribution is 6.09. The maximum absolute atomic E-state index is 13.0. The fourth-order valence-electron chi connectivity index (χ4n) is 6.36. The van der Waals surface area contributed by atoms with Gasteiger partial charge in [0.05, 0.1) is 0 Å². The number of carbonyl (C=O) groups excluding carboxylic acids is 1. The van der Waals surface area contributed by atoms with Crippen molar-refractivity contribution in [2.45, 2.75) is 62.2 Å². The molecule has 1 saturated carbocycles. The minimum atomic E-state index is -2.27. The van der Waals surface area contributed by atoms with Crippen molar-refractivity contribution in [3.8, 4) is 0 Å². The molecule has 0 amide bonds. The molecule has 192 valence electrons. The topological polar surface area (TPSA) is 135 Å². The van der Waals surface area contributed by atoms with Crippen molar-refractivity contribution in [2.24, 2.45) is 5.92 Å². The van der Waals surface area contributed by atoms with Gasteiger partial charge in [0.25, 0.3) is 0 Å². The van der Waals surface area contributed by atoms with Crippen LogP contribution in [0.25, 0.3) is 0 Å². The quantitative estimate of drug-likeness (QED) is 0.465. The highest BCUT2D eigenvalue weighted by Gasteiger charge is 2.53. The summed E-state index contributed by atoms with van der Waals surface area (Å²) in [5.74, 6) is -2.61. The minimum absolute atomic E-state index is 0.159. The number of piperidine rings is 1. The zero-order valence-electron chi connectivity index (χ0n) is 20.3. The molecule has 1 aliphatic heterocycles. The van der Waals surface area contributed by atoms with Gasteiger partial charge < -0.3 is 25.3 Å². The van der Waals surface area contributed by atoms with Gasteiger partial charge in [0.15, 0.2) is 18.0 Å². The number of aliphatic carboxylic acids is 2. The van der Waals surface area contributed by atoms with Crippen LogP contribution in [0.2, 0.25) is 0 Å². The number of fused-ring (bicyclic) bond motifs is 1. The summed E-state index contributed by atoms with van der Waals surface area (Å²) in [5.41, 5.74) is 4.97. The normalized spacial score (nSPS) is 26.3. The predicted octanol–water partition coefficient (Wildman–Crippen LogP) is 2.48. The number of likely N-dealkylation sites (tertiary alicyclic amines) is 1. The molecule has 8 heteroatoms. The number of carboxylic acid groups (broad SMARTS) is 2. The molecule has 2 bridgehead atoms. The maximum atomic E-state index is 13.0. The van der Waals surface area contributed by atoms with Crippen LogP contribution >= 0.6 is 0 Å². The number of aliphatic hydroxyl groups excluding tert-OH is 2. The molecule has 5 rings (SSSR count). The molecular weight excluding hydrogens is 462 g/mol. The number of ketones is 1. The first-order valence-corrected chi connectivity index (χ1v) is 12.4. The Hall–Kier alpha value is -3.07. The van der Waals surface area contributed by atoms with Crippen molar-refractivity contribution >= 4 is 17.7 Å². The van der Waals surface area contributed by atoms with Gasteiger partial charge in [0.2, 0.25) is 0 Å². The average Bonchev–Trinajstić information content (AvgIpc) is 2.90. The van der Waals surface area contributed by atoms with Crippen LogP contribution in [0.3, 0.4) is 0 Å². The van der Waals surface area contributed by atoms with E-state index in [4.69, 9.17) is 20.4 Å². The second-order valence-electron chi connectivity index (χ2n) is 10.1. The SMILES string of the molecule is CN1CC[C@]23CCCC[C@H]2[C@H]1Cc1ccc(C(=O)c2ccccc2)cc13.O=C(O)C(O)C(O)C(=O)O. The van der Waals surface area contributed by atoms with Crippen molar-refractivity contribution in [1.29, 1.82) is 0 Å². The summed E-state index contributed by atoms with van der Waals surface area (Å²) in [7, 11) is 2.31. The minimum Gasteiger partial charge on any atom is -0.479 e. The van der Waals surface area contributed by atoms with Crippen molar-refractivity contribution < 1.29 is 34.8 Å². The zero-order valence-corrected chi connectivity index (χ0v) is 20.3. The van der Waals surface area contributed by atoms with E-state index in [2.05, 4.69) is 30.1 Å². The molecular formula is C28H33NO7. The summed E-state index contributed by atoms with van der Waals surface area (Å²) in [4.78, 5) is 35.1. The summed E-state index contributed by atoms with van der Waals surface area (Å²) in [6.45, 7) is 1.19. The molecule has 36 heavy (non-hydrogen) atoms. The molecule has 0 radical (unpaired) electrons. The fraction of sp³-hybridized carbons (Fsp3) is 0.464. The van der Waals surface area contributed by atoms with Gasteiger partial charge in [-0.05, 0) is 62.4 Å². The smallest absolute Gasteiger partial charge is 0.335 e. The van der Waals surface area contributed by atoms with E-state index in [0.717, 1.165) is 23.5 Å². The van der Waals surface area contributed by atoms with E-state index in [1.54, 1.807) is 0 Å². The van der Waals surface area contributed by atoms with E-state index in [-0.39, 0.29) is 5.78 Å². The van der Waals surface area contributed by atoms with Crippen molar-refractivity contribution in [1.82, 2.24) is 4.90 Å². The van der Waals surface area contributed by atoms with Gasteiger partial charge in [0.1, 0.15) is 0 Å². The second-order valence-corrected chi connectivity index (χ2v) is 10.1. The third-order valence-electron chi connectivity index (χ3n) is 8.22. The first-order chi connectivity index (χ1) is 17.2. The van der Waals surface area contributed by atoms with Gasteiger partial charge in [-0.2, -0.15) is 0 Å². The second kappa shape index (κ2) is 10.5. The highest BCUT2D eigenvalue weighted by Crippen LogP contribution is 2.55. The predicted molar refractivity (Wildman–Crippen MR) is 132 cm³/mol. The van der Waals surface area contributed by atoms with Gasteiger partial charge in [-0.1, -0.05) is 55.3 Å². The first kappa shape index (κ1) is 26.0. The molecule has 5 atom stereocenters. The first-order valence-electron chi connectivity index (χ1n) is 12.4. The van der Waals surface area contributed by atoms with Crippen molar-refractivity contribution in [2.75, 3.05) is 13.6 Å².